The summed E-state index contributed by atoms with van der Waals surface area (Å²) in [6.07, 6.45) is 1.10. The summed E-state index contributed by atoms with van der Waals surface area (Å²) in [7, 11) is 0. The van der Waals surface area contributed by atoms with Crippen molar-refractivity contribution >= 4 is 5.82 Å². The van der Waals surface area contributed by atoms with Gasteiger partial charge in [0.15, 0.2) is 0 Å². The van der Waals surface area contributed by atoms with Gasteiger partial charge in [0.05, 0.1) is 6.61 Å². The van der Waals surface area contributed by atoms with Gasteiger partial charge in [-0.1, -0.05) is 0 Å². The van der Waals surface area contributed by atoms with Crippen LogP contribution in [0, 0.1) is 6.92 Å². The molecule has 0 aromatic carbocycles. The quantitative estimate of drug-likeness (QED) is 0.859. The molecule has 1 aromatic heterocycles. The Morgan fingerprint density at radius 1 is 1.50 bits per heavy atom. The molecule has 2 atom stereocenters. The third-order valence-corrected chi connectivity index (χ3v) is 3.89. The molecule has 1 aromatic rings. The number of nitrogens with zero attached hydrogens (tertiary/aromatic N) is 2. The van der Waals surface area contributed by atoms with Crippen LogP contribution < -0.4 is 15.0 Å². The van der Waals surface area contributed by atoms with E-state index in [0.717, 1.165) is 36.8 Å². The summed E-state index contributed by atoms with van der Waals surface area (Å²) in [6.45, 7) is 9.12. The first-order valence-electron chi connectivity index (χ1n) is 6.83. The lowest BCUT2D eigenvalue weighted by atomic mass is 10.1. The van der Waals surface area contributed by atoms with Crippen LogP contribution in [0.2, 0.25) is 0 Å². The Labute approximate surface area is 108 Å². The molecule has 98 valence electrons. The van der Waals surface area contributed by atoms with Crippen molar-refractivity contribution in [3.8, 4) is 5.88 Å². The Balaban J connectivity index is 2.00. The van der Waals surface area contributed by atoms with E-state index in [2.05, 4.69) is 30.1 Å². The number of aromatic nitrogens is 1. The summed E-state index contributed by atoms with van der Waals surface area (Å²) in [6, 6.07) is 3.32. The molecule has 3 heterocycles. The number of anilines is 1. The summed E-state index contributed by atoms with van der Waals surface area (Å²) >= 11 is 0. The maximum absolute atomic E-state index is 5.62. The van der Waals surface area contributed by atoms with Gasteiger partial charge in [0.1, 0.15) is 5.82 Å². The van der Waals surface area contributed by atoms with Gasteiger partial charge in [-0.05, 0) is 38.8 Å². The average Bonchev–Trinajstić information content (AvgIpc) is 2.68. The molecule has 4 nitrogen and oxygen atoms in total. The highest BCUT2D eigenvalue weighted by atomic mass is 16.5. The topological polar surface area (TPSA) is 37.4 Å². The van der Waals surface area contributed by atoms with Gasteiger partial charge in [0.2, 0.25) is 5.88 Å². The number of pyridine rings is 1. The normalized spacial score (nSPS) is 25.8. The van der Waals surface area contributed by atoms with E-state index in [1.807, 2.05) is 6.92 Å². The zero-order valence-electron chi connectivity index (χ0n) is 11.4. The molecule has 0 spiro atoms. The molecule has 3 rings (SSSR count). The molecule has 2 aliphatic rings. The summed E-state index contributed by atoms with van der Waals surface area (Å²) in [5.74, 6) is 1.94. The zero-order chi connectivity index (χ0) is 12.7. The first-order chi connectivity index (χ1) is 8.70. The lowest BCUT2D eigenvalue weighted by Crippen LogP contribution is -2.55. The van der Waals surface area contributed by atoms with Gasteiger partial charge in [-0.15, -0.1) is 0 Å². The van der Waals surface area contributed by atoms with Gasteiger partial charge in [-0.25, -0.2) is 0 Å². The van der Waals surface area contributed by atoms with Crippen LogP contribution in [0.5, 0.6) is 5.88 Å². The van der Waals surface area contributed by atoms with Gasteiger partial charge < -0.3 is 15.0 Å². The van der Waals surface area contributed by atoms with E-state index in [1.54, 1.807) is 0 Å². The van der Waals surface area contributed by atoms with Crippen LogP contribution in [0.25, 0.3) is 0 Å². The van der Waals surface area contributed by atoms with E-state index >= 15 is 0 Å². The van der Waals surface area contributed by atoms with Gasteiger partial charge in [-0.3, -0.25) is 0 Å². The number of hydrogen-bond acceptors (Lipinski definition) is 4. The molecule has 18 heavy (non-hydrogen) atoms. The Hall–Kier alpha value is -1.29. The van der Waals surface area contributed by atoms with Gasteiger partial charge in [0, 0.05) is 30.7 Å². The van der Waals surface area contributed by atoms with Crippen molar-refractivity contribution in [3.05, 3.63) is 17.2 Å². The van der Waals surface area contributed by atoms with Crippen LogP contribution in [-0.2, 0) is 6.42 Å². The maximum Gasteiger partial charge on any atom is 0.218 e. The van der Waals surface area contributed by atoms with Crippen LogP contribution in [0.3, 0.4) is 0 Å². The van der Waals surface area contributed by atoms with Crippen molar-refractivity contribution < 1.29 is 4.74 Å². The Kier molecular flexibility index (Phi) is 2.90. The molecular weight excluding hydrogens is 226 g/mol. The molecule has 1 fully saturated rings. The fourth-order valence-corrected chi connectivity index (χ4v) is 3.12. The predicted molar refractivity (Wildman–Crippen MR) is 72.4 cm³/mol. The van der Waals surface area contributed by atoms with Crippen LogP contribution in [0.4, 0.5) is 5.82 Å². The lowest BCUT2D eigenvalue weighted by Gasteiger charge is -2.37. The highest BCUT2D eigenvalue weighted by molar-refractivity contribution is 5.58. The fraction of sp³-hybridized carbons (Fsp3) is 0.643. The van der Waals surface area contributed by atoms with Gasteiger partial charge >= 0.3 is 0 Å². The van der Waals surface area contributed by atoms with Crippen molar-refractivity contribution in [2.24, 2.45) is 0 Å². The molecule has 1 saturated heterocycles. The van der Waals surface area contributed by atoms with E-state index in [0.29, 0.717) is 18.7 Å². The van der Waals surface area contributed by atoms with Crippen LogP contribution in [0.15, 0.2) is 6.07 Å². The van der Waals surface area contributed by atoms with E-state index in [4.69, 9.17) is 9.72 Å². The third-order valence-electron chi connectivity index (χ3n) is 3.89. The minimum Gasteiger partial charge on any atom is -0.478 e. The first-order valence-corrected chi connectivity index (χ1v) is 6.83. The maximum atomic E-state index is 5.62. The Morgan fingerprint density at radius 2 is 2.33 bits per heavy atom. The number of nitrogens with one attached hydrogen (secondary N) is 1. The van der Waals surface area contributed by atoms with Crippen LogP contribution in [-0.4, -0.2) is 36.8 Å². The number of ether oxygens (including phenoxy) is 1. The monoisotopic (exact) mass is 247 g/mol. The number of rotatable bonds is 2. The fourth-order valence-electron chi connectivity index (χ4n) is 3.12. The van der Waals surface area contributed by atoms with E-state index in [1.165, 1.54) is 5.56 Å². The second-order valence-corrected chi connectivity index (χ2v) is 5.30. The van der Waals surface area contributed by atoms with Gasteiger partial charge in [0.25, 0.3) is 0 Å². The smallest absolute Gasteiger partial charge is 0.218 e. The molecule has 2 aliphatic heterocycles. The van der Waals surface area contributed by atoms with Crippen LogP contribution >= 0.6 is 0 Å². The Morgan fingerprint density at radius 3 is 3.11 bits per heavy atom. The minimum atomic E-state index is 0.509. The molecule has 1 N–H and O–H groups in total. The van der Waals surface area contributed by atoms with E-state index < -0.39 is 0 Å². The van der Waals surface area contributed by atoms with Crippen molar-refractivity contribution in [1.29, 1.82) is 0 Å². The SMILES string of the molecule is CCOc1nc2c(cc1C)C[C@@H]1CNC[C@@H](C)N21. The number of hydrogen-bond donors (Lipinski definition) is 1. The molecule has 4 heteroatoms. The van der Waals surface area contributed by atoms with Crippen molar-refractivity contribution in [2.75, 3.05) is 24.6 Å². The first kappa shape index (κ1) is 11.8. The van der Waals surface area contributed by atoms with E-state index in [9.17, 15) is 0 Å². The number of aryl methyl sites for hydroxylation is 1. The van der Waals surface area contributed by atoms with Crippen molar-refractivity contribution in [1.82, 2.24) is 10.3 Å². The number of piperazine rings is 1. The predicted octanol–water partition coefficient (Wildman–Crippen LogP) is 1.51. The number of fused-ring (bicyclic) bond motifs is 3. The molecule has 0 bridgehead atoms. The molecule has 0 radical (unpaired) electrons. The second-order valence-electron chi connectivity index (χ2n) is 5.30. The highest BCUT2D eigenvalue weighted by Gasteiger charge is 2.36. The summed E-state index contributed by atoms with van der Waals surface area (Å²) in [4.78, 5) is 7.22. The minimum absolute atomic E-state index is 0.509. The molecule has 0 amide bonds. The standard InChI is InChI=1S/C14H21N3O/c1-4-18-14-9(2)5-11-6-12-8-15-7-10(3)17(12)13(11)16-14/h5,10,12,15H,4,6-8H2,1-3H3/t10-,12-/m1/s1. The second kappa shape index (κ2) is 4.43. The zero-order valence-corrected chi connectivity index (χ0v) is 11.4. The lowest BCUT2D eigenvalue weighted by molar-refractivity contribution is 0.324. The summed E-state index contributed by atoms with van der Waals surface area (Å²) in [5, 5.41) is 3.49. The Bertz CT molecular complexity index is 461. The van der Waals surface area contributed by atoms with Crippen molar-refractivity contribution in [2.45, 2.75) is 39.3 Å². The van der Waals surface area contributed by atoms with Gasteiger partial charge in [-0.2, -0.15) is 4.98 Å². The largest absolute Gasteiger partial charge is 0.478 e. The molecule has 0 aliphatic carbocycles. The van der Waals surface area contributed by atoms with Crippen LogP contribution in [0.1, 0.15) is 25.0 Å². The molecule has 0 saturated carbocycles. The highest BCUT2D eigenvalue weighted by Crippen LogP contribution is 2.36. The molecular formula is C14H21N3O. The third kappa shape index (κ3) is 1.75. The summed E-state index contributed by atoms with van der Waals surface area (Å²) < 4.78 is 5.62. The molecule has 0 unspecified atom stereocenters. The average molecular weight is 247 g/mol. The van der Waals surface area contributed by atoms with Crippen molar-refractivity contribution in [3.63, 3.8) is 0 Å². The summed E-state index contributed by atoms with van der Waals surface area (Å²) in [5.41, 5.74) is 2.52. The van der Waals surface area contributed by atoms with E-state index in [-0.39, 0.29) is 0 Å².